The third-order valence-electron chi connectivity index (χ3n) is 3.52. The number of hydrogen-bond acceptors (Lipinski definition) is 1. The summed E-state index contributed by atoms with van der Waals surface area (Å²) in [7, 11) is 0. The molecule has 3 rings (SSSR count). The zero-order chi connectivity index (χ0) is 12.5. The quantitative estimate of drug-likeness (QED) is 0.845. The van der Waals surface area contributed by atoms with Crippen molar-refractivity contribution >= 4 is 6.03 Å². The molecule has 0 aromatic heterocycles. The predicted molar refractivity (Wildman–Crippen MR) is 66.6 cm³/mol. The molecule has 18 heavy (non-hydrogen) atoms. The lowest BCUT2D eigenvalue weighted by molar-refractivity contribution is 0.235. The van der Waals surface area contributed by atoms with E-state index in [1.54, 1.807) is 12.1 Å². The molecule has 1 atom stereocenters. The minimum Gasteiger partial charge on any atom is -0.335 e. The molecular formula is C14H17FN2O. The number of benzene rings is 1. The van der Waals surface area contributed by atoms with Gasteiger partial charge in [-0.25, -0.2) is 9.18 Å². The monoisotopic (exact) mass is 248 g/mol. The lowest BCUT2D eigenvalue weighted by Crippen LogP contribution is -2.39. The zero-order valence-corrected chi connectivity index (χ0v) is 10.2. The van der Waals surface area contributed by atoms with Crippen LogP contribution in [0.1, 0.15) is 37.3 Å². The molecule has 2 saturated carbocycles. The van der Waals surface area contributed by atoms with Gasteiger partial charge in [-0.3, -0.25) is 0 Å². The highest BCUT2D eigenvalue weighted by molar-refractivity contribution is 5.75. The lowest BCUT2D eigenvalue weighted by Gasteiger charge is -2.19. The third-order valence-corrected chi connectivity index (χ3v) is 3.52. The zero-order valence-electron chi connectivity index (χ0n) is 10.2. The number of amides is 2. The van der Waals surface area contributed by atoms with Gasteiger partial charge in [0.15, 0.2) is 0 Å². The maximum atomic E-state index is 12.9. The summed E-state index contributed by atoms with van der Waals surface area (Å²) in [5, 5.41) is 5.94. The average Bonchev–Trinajstić information content (AvgIpc) is 3.21. The molecule has 2 amide bonds. The molecule has 4 heteroatoms. The van der Waals surface area contributed by atoms with Gasteiger partial charge in [-0.1, -0.05) is 12.1 Å². The molecule has 0 aliphatic heterocycles. The normalized spacial score (nSPS) is 20.3. The van der Waals surface area contributed by atoms with Crippen molar-refractivity contribution in [2.75, 3.05) is 0 Å². The minimum atomic E-state index is -0.240. The molecule has 0 spiro atoms. The standard InChI is InChI=1S/C14H17FN2O/c15-11-5-3-10(4-6-11)13(9-1-2-9)17-14(18)16-12-7-8-12/h3-6,9,12-13H,1-2,7-8H2,(H2,16,17,18)/t13-/m0/s1. The summed E-state index contributed by atoms with van der Waals surface area (Å²) in [4.78, 5) is 11.8. The van der Waals surface area contributed by atoms with E-state index in [-0.39, 0.29) is 17.9 Å². The van der Waals surface area contributed by atoms with Crippen LogP contribution in [0.5, 0.6) is 0 Å². The molecule has 0 bridgehead atoms. The molecule has 0 heterocycles. The molecule has 2 fully saturated rings. The number of hydrogen-bond donors (Lipinski definition) is 2. The first-order valence-corrected chi connectivity index (χ1v) is 6.55. The summed E-state index contributed by atoms with van der Waals surface area (Å²) in [5.74, 6) is 0.260. The third kappa shape index (κ3) is 2.81. The fraction of sp³-hybridized carbons (Fsp3) is 0.500. The maximum absolute atomic E-state index is 12.9. The van der Waals surface area contributed by atoms with Crippen molar-refractivity contribution in [3.8, 4) is 0 Å². The van der Waals surface area contributed by atoms with Crippen LogP contribution in [0.4, 0.5) is 9.18 Å². The Morgan fingerprint density at radius 1 is 1.17 bits per heavy atom. The maximum Gasteiger partial charge on any atom is 0.315 e. The molecule has 3 nitrogen and oxygen atoms in total. The van der Waals surface area contributed by atoms with Crippen molar-refractivity contribution in [1.82, 2.24) is 10.6 Å². The molecule has 1 aromatic carbocycles. The van der Waals surface area contributed by atoms with Gasteiger partial charge in [-0.05, 0) is 49.3 Å². The van der Waals surface area contributed by atoms with E-state index in [1.807, 2.05) is 0 Å². The van der Waals surface area contributed by atoms with Gasteiger partial charge < -0.3 is 10.6 Å². The van der Waals surface area contributed by atoms with Crippen LogP contribution < -0.4 is 10.6 Å². The van der Waals surface area contributed by atoms with E-state index in [0.717, 1.165) is 31.2 Å². The van der Waals surface area contributed by atoms with Crippen LogP contribution in [-0.4, -0.2) is 12.1 Å². The van der Waals surface area contributed by atoms with Gasteiger partial charge in [0.1, 0.15) is 5.82 Å². The molecule has 0 saturated heterocycles. The highest BCUT2D eigenvalue weighted by Gasteiger charge is 2.34. The van der Waals surface area contributed by atoms with Gasteiger partial charge in [0.25, 0.3) is 0 Å². The van der Waals surface area contributed by atoms with Crippen molar-refractivity contribution in [2.45, 2.75) is 37.8 Å². The Morgan fingerprint density at radius 2 is 1.83 bits per heavy atom. The van der Waals surface area contributed by atoms with Gasteiger partial charge in [0.05, 0.1) is 6.04 Å². The number of nitrogens with one attached hydrogen (secondary N) is 2. The highest BCUT2D eigenvalue weighted by atomic mass is 19.1. The van der Waals surface area contributed by atoms with Crippen molar-refractivity contribution < 1.29 is 9.18 Å². The van der Waals surface area contributed by atoms with Gasteiger partial charge in [-0.2, -0.15) is 0 Å². The Hall–Kier alpha value is -1.58. The summed E-state index contributed by atoms with van der Waals surface area (Å²) >= 11 is 0. The van der Waals surface area contributed by atoms with Gasteiger partial charge >= 0.3 is 6.03 Å². The molecule has 2 aliphatic carbocycles. The molecule has 0 radical (unpaired) electrons. The smallest absolute Gasteiger partial charge is 0.315 e. The number of carbonyl (C=O) groups excluding carboxylic acids is 1. The van der Waals surface area contributed by atoms with Crippen LogP contribution in [0.2, 0.25) is 0 Å². The lowest BCUT2D eigenvalue weighted by atomic mass is 10.0. The molecule has 0 unspecified atom stereocenters. The van der Waals surface area contributed by atoms with Crippen LogP contribution in [0.25, 0.3) is 0 Å². The Bertz CT molecular complexity index is 438. The summed E-state index contributed by atoms with van der Waals surface area (Å²) < 4.78 is 12.9. The fourth-order valence-electron chi connectivity index (χ4n) is 2.17. The van der Waals surface area contributed by atoms with E-state index in [4.69, 9.17) is 0 Å². The number of carbonyl (C=O) groups is 1. The van der Waals surface area contributed by atoms with E-state index in [9.17, 15) is 9.18 Å². The Kier molecular flexibility index (Phi) is 2.94. The summed E-state index contributed by atoms with van der Waals surface area (Å²) in [5.41, 5.74) is 0.991. The van der Waals surface area contributed by atoms with E-state index in [0.29, 0.717) is 12.0 Å². The molecule has 96 valence electrons. The van der Waals surface area contributed by atoms with E-state index >= 15 is 0 Å². The molecule has 2 N–H and O–H groups in total. The Labute approximate surface area is 106 Å². The van der Waals surface area contributed by atoms with Crippen LogP contribution in [-0.2, 0) is 0 Å². The van der Waals surface area contributed by atoms with Gasteiger partial charge in [0.2, 0.25) is 0 Å². The summed E-state index contributed by atoms with van der Waals surface area (Å²) in [6.07, 6.45) is 4.42. The van der Waals surface area contributed by atoms with Crippen molar-refractivity contribution in [1.29, 1.82) is 0 Å². The number of halogens is 1. The SMILES string of the molecule is O=C(NC1CC1)N[C@H](c1ccc(F)cc1)C1CC1. The minimum absolute atomic E-state index is 0.0179. The second kappa shape index (κ2) is 4.59. The first-order chi connectivity index (χ1) is 8.72. The van der Waals surface area contributed by atoms with E-state index < -0.39 is 0 Å². The van der Waals surface area contributed by atoms with Crippen molar-refractivity contribution in [3.63, 3.8) is 0 Å². The summed E-state index contributed by atoms with van der Waals surface area (Å²) in [6.45, 7) is 0. The fourth-order valence-corrected chi connectivity index (χ4v) is 2.17. The Balaban J connectivity index is 1.67. The van der Waals surface area contributed by atoms with Crippen LogP contribution in [0.3, 0.4) is 0 Å². The first-order valence-electron chi connectivity index (χ1n) is 6.55. The van der Waals surface area contributed by atoms with Crippen LogP contribution in [0.15, 0.2) is 24.3 Å². The highest BCUT2D eigenvalue weighted by Crippen LogP contribution is 2.41. The average molecular weight is 248 g/mol. The second-order valence-electron chi connectivity index (χ2n) is 5.26. The molecule has 2 aliphatic rings. The largest absolute Gasteiger partial charge is 0.335 e. The topological polar surface area (TPSA) is 41.1 Å². The Morgan fingerprint density at radius 3 is 2.39 bits per heavy atom. The van der Waals surface area contributed by atoms with Crippen LogP contribution in [0, 0.1) is 11.7 Å². The number of urea groups is 1. The summed E-state index contributed by atoms with van der Waals surface area (Å²) in [6, 6.07) is 6.70. The van der Waals surface area contributed by atoms with Crippen LogP contribution >= 0.6 is 0 Å². The van der Waals surface area contributed by atoms with E-state index in [1.165, 1.54) is 12.1 Å². The van der Waals surface area contributed by atoms with Crippen molar-refractivity contribution in [2.24, 2.45) is 5.92 Å². The number of rotatable bonds is 4. The van der Waals surface area contributed by atoms with Gasteiger partial charge in [0, 0.05) is 6.04 Å². The predicted octanol–water partition coefficient (Wildman–Crippen LogP) is 2.74. The first kappa shape index (κ1) is 11.5. The second-order valence-corrected chi connectivity index (χ2v) is 5.26. The van der Waals surface area contributed by atoms with E-state index in [2.05, 4.69) is 10.6 Å². The molecule has 1 aromatic rings. The molecular weight excluding hydrogens is 231 g/mol. The van der Waals surface area contributed by atoms with Gasteiger partial charge in [-0.15, -0.1) is 0 Å². The van der Waals surface area contributed by atoms with Crippen molar-refractivity contribution in [3.05, 3.63) is 35.6 Å².